The molecular formula is C15H25N5O3S. The maximum Gasteiger partial charge on any atom is 0.241 e. The molecule has 0 unspecified atom stereocenters. The van der Waals surface area contributed by atoms with Gasteiger partial charge in [0.05, 0.1) is 12.8 Å². The highest BCUT2D eigenvalue weighted by Crippen LogP contribution is 2.22. The molecule has 2 fully saturated rings. The quantitative estimate of drug-likeness (QED) is 0.727. The minimum absolute atomic E-state index is 0.0467. The Hall–Kier alpha value is -1.45. The summed E-state index contributed by atoms with van der Waals surface area (Å²) in [6.07, 6.45) is 6.27. The Balaban J connectivity index is 1.56. The summed E-state index contributed by atoms with van der Waals surface area (Å²) in [4.78, 5) is 21.1. The average molecular weight is 355 g/mol. The molecule has 9 heteroatoms. The summed E-state index contributed by atoms with van der Waals surface area (Å²) in [6.45, 7) is 4.06. The van der Waals surface area contributed by atoms with Gasteiger partial charge in [0.2, 0.25) is 15.9 Å². The van der Waals surface area contributed by atoms with E-state index >= 15 is 0 Å². The second kappa shape index (κ2) is 6.81. The van der Waals surface area contributed by atoms with Crippen molar-refractivity contribution in [3.8, 4) is 0 Å². The summed E-state index contributed by atoms with van der Waals surface area (Å²) in [7, 11) is -1.35. The molecule has 1 aromatic heterocycles. The molecule has 0 spiro atoms. The number of amides is 1. The zero-order valence-electron chi connectivity index (χ0n) is 14.3. The molecule has 0 radical (unpaired) electrons. The highest BCUT2D eigenvalue weighted by molar-refractivity contribution is 7.88. The zero-order chi connectivity index (χ0) is 17.3. The van der Waals surface area contributed by atoms with Crippen LogP contribution in [0.15, 0.2) is 12.4 Å². The maximum atomic E-state index is 12.7. The van der Waals surface area contributed by atoms with E-state index in [0.29, 0.717) is 26.1 Å². The van der Waals surface area contributed by atoms with Gasteiger partial charge in [0.25, 0.3) is 0 Å². The van der Waals surface area contributed by atoms with Crippen LogP contribution in [-0.4, -0.2) is 83.0 Å². The van der Waals surface area contributed by atoms with E-state index in [1.807, 2.05) is 22.7 Å². The first-order valence-corrected chi connectivity index (χ1v) is 10.2. The summed E-state index contributed by atoms with van der Waals surface area (Å²) < 4.78 is 27.0. The van der Waals surface area contributed by atoms with Crippen LogP contribution in [0.3, 0.4) is 0 Å². The molecular weight excluding hydrogens is 330 g/mol. The topological polar surface area (TPSA) is 78.8 Å². The molecule has 1 atom stereocenters. The monoisotopic (exact) mass is 355 g/mol. The van der Waals surface area contributed by atoms with Gasteiger partial charge in [0, 0.05) is 52.2 Å². The third-order valence-corrected chi connectivity index (χ3v) is 6.17. The van der Waals surface area contributed by atoms with Crippen LogP contribution in [-0.2, 0) is 28.4 Å². The third kappa shape index (κ3) is 3.62. The lowest BCUT2D eigenvalue weighted by molar-refractivity contribution is -0.136. The van der Waals surface area contributed by atoms with Crippen molar-refractivity contribution in [1.82, 2.24) is 23.7 Å². The normalized spacial score (nSPS) is 23.8. The van der Waals surface area contributed by atoms with Crippen LogP contribution in [0.4, 0.5) is 0 Å². The number of aryl methyl sites for hydroxylation is 1. The molecule has 3 heterocycles. The fraction of sp³-hybridized carbons (Fsp3) is 0.733. The van der Waals surface area contributed by atoms with Crippen molar-refractivity contribution in [2.75, 3.05) is 39.0 Å². The van der Waals surface area contributed by atoms with Crippen molar-refractivity contribution in [1.29, 1.82) is 0 Å². The summed E-state index contributed by atoms with van der Waals surface area (Å²) in [6, 6.07) is -0.513. The van der Waals surface area contributed by atoms with Gasteiger partial charge >= 0.3 is 0 Å². The third-order valence-electron chi connectivity index (χ3n) is 4.88. The second-order valence-electron chi connectivity index (χ2n) is 6.59. The van der Waals surface area contributed by atoms with E-state index in [4.69, 9.17) is 0 Å². The van der Waals surface area contributed by atoms with Crippen LogP contribution < -0.4 is 0 Å². The Labute approximate surface area is 143 Å². The van der Waals surface area contributed by atoms with Gasteiger partial charge in [-0.1, -0.05) is 0 Å². The standard InChI is InChI=1S/C15H25N5O3S/c1-17-7-5-16-14(17)12-18-8-10-19(11-9-18)15(21)13-4-3-6-20(13)24(2,22)23/h5,7,13H,3-4,6,8-12H2,1-2H3/t13-/m0/s1. The van der Waals surface area contributed by atoms with Gasteiger partial charge in [-0.2, -0.15) is 4.31 Å². The highest BCUT2D eigenvalue weighted by Gasteiger charge is 2.39. The predicted octanol–water partition coefficient (Wildman–Crippen LogP) is -0.512. The lowest BCUT2D eigenvalue weighted by atomic mass is 10.2. The Morgan fingerprint density at radius 2 is 1.96 bits per heavy atom. The molecule has 2 saturated heterocycles. The first-order chi connectivity index (χ1) is 11.4. The van der Waals surface area contributed by atoms with Gasteiger partial charge in [-0.15, -0.1) is 0 Å². The Bertz CT molecular complexity index is 694. The maximum absolute atomic E-state index is 12.7. The SMILES string of the molecule is Cn1ccnc1CN1CCN(C(=O)[C@@H]2CCCN2S(C)(=O)=O)CC1. The summed E-state index contributed by atoms with van der Waals surface area (Å²) in [5.41, 5.74) is 0. The molecule has 134 valence electrons. The van der Waals surface area contributed by atoms with E-state index in [1.54, 1.807) is 6.20 Å². The molecule has 24 heavy (non-hydrogen) atoms. The second-order valence-corrected chi connectivity index (χ2v) is 8.52. The summed E-state index contributed by atoms with van der Waals surface area (Å²) in [5.74, 6) is 0.961. The molecule has 0 N–H and O–H groups in total. The molecule has 0 aromatic carbocycles. The Kier molecular flexibility index (Phi) is 4.93. The molecule has 8 nitrogen and oxygen atoms in total. The van der Waals surface area contributed by atoms with Crippen molar-refractivity contribution >= 4 is 15.9 Å². The smallest absolute Gasteiger partial charge is 0.241 e. The number of imidazole rings is 1. The van der Waals surface area contributed by atoms with E-state index in [0.717, 1.165) is 31.9 Å². The number of nitrogens with zero attached hydrogens (tertiary/aromatic N) is 5. The first kappa shape index (κ1) is 17.4. The Morgan fingerprint density at radius 3 is 2.54 bits per heavy atom. The van der Waals surface area contributed by atoms with E-state index in [-0.39, 0.29) is 5.91 Å². The average Bonchev–Trinajstić information content (AvgIpc) is 3.17. The molecule has 1 aromatic rings. The summed E-state index contributed by atoms with van der Waals surface area (Å²) >= 11 is 0. The molecule has 3 rings (SSSR count). The largest absolute Gasteiger partial charge is 0.339 e. The van der Waals surface area contributed by atoms with Crippen LogP contribution in [0.1, 0.15) is 18.7 Å². The van der Waals surface area contributed by atoms with Gasteiger partial charge in [-0.05, 0) is 12.8 Å². The number of carbonyl (C=O) groups excluding carboxylic acids is 1. The van der Waals surface area contributed by atoms with Crippen molar-refractivity contribution < 1.29 is 13.2 Å². The van der Waals surface area contributed by atoms with Gasteiger partial charge in [-0.3, -0.25) is 9.69 Å². The molecule has 2 aliphatic rings. The number of piperazine rings is 1. The first-order valence-electron chi connectivity index (χ1n) is 8.30. The van der Waals surface area contributed by atoms with Gasteiger partial charge in [0.15, 0.2) is 0 Å². The van der Waals surface area contributed by atoms with E-state index in [1.165, 1.54) is 10.6 Å². The highest BCUT2D eigenvalue weighted by atomic mass is 32.2. The number of aromatic nitrogens is 2. The minimum Gasteiger partial charge on any atom is -0.339 e. The molecule has 2 aliphatic heterocycles. The van der Waals surface area contributed by atoms with Crippen LogP contribution >= 0.6 is 0 Å². The lowest BCUT2D eigenvalue weighted by Gasteiger charge is -2.36. The fourth-order valence-corrected chi connectivity index (χ4v) is 4.59. The minimum atomic E-state index is -3.32. The van der Waals surface area contributed by atoms with Crippen molar-refractivity contribution in [2.24, 2.45) is 7.05 Å². The summed E-state index contributed by atoms with van der Waals surface area (Å²) in [5, 5.41) is 0. The van der Waals surface area contributed by atoms with Crippen LogP contribution in [0.25, 0.3) is 0 Å². The number of sulfonamides is 1. The zero-order valence-corrected chi connectivity index (χ0v) is 15.1. The van der Waals surface area contributed by atoms with E-state index in [9.17, 15) is 13.2 Å². The van der Waals surface area contributed by atoms with Crippen molar-refractivity contribution in [2.45, 2.75) is 25.4 Å². The molecule has 0 bridgehead atoms. The number of hydrogen-bond acceptors (Lipinski definition) is 5. The molecule has 0 saturated carbocycles. The van der Waals surface area contributed by atoms with E-state index < -0.39 is 16.1 Å². The fourth-order valence-electron chi connectivity index (χ4n) is 3.47. The van der Waals surface area contributed by atoms with Gasteiger partial charge in [0.1, 0.15) is 11.9 Å². The predicted molar refractivity (Wildman–Crippen MR) is 89.6 cm³/mol. The molecule has 1 amide bonds. The molecule has 0 aliphatic carbocycles. The van der Waals surface area contributed by atoms with Gasteiger partial charge in [-0.25, -0.2) is 13.4 Å². The number of rotatable bonds is 4. The number of carbonyl (C=O) groups is 1. The lowest BCUT2D eigenvalue weighted by Crippen LogP contribution is -2.54. The van der Waals surface area contributed by atoms with Crippen molar-refractivity contribution in [3.05, 3.63) is 18.2 Å². The Morgan fingerprint density at radius 1 is 1.25 bits per heavy atom. The number of hydrogen-bond donors (Lipinski definition) is 0. The van der Waals surface area contributed by atoms with Crippen LogP contribution in [0.5, 0.6) is 0 Å². The van der Waals surface area contributed by atoms with E-state index in [2.05, 4.69) is 9.88 Å². The van der Waals surface area contributed by atoms with Crippen LogP contribution in [0, 0.1) is 0 Å². The van der Waals surface area contributed by atoms with Crippen LogP contribution in [0.2, 0.25) is 0 Å². The van der Waals surface area contributed by atoms with Gasteiger partial charge < -0.3 is 9.47 Å². The van der Waals surface area contributed by atoms with Crippen molar-refractivity contribution in [3.63, 3.8) is 0 Å².